The standard InChI is InChI=1S/C18H27N/c1-14(2)8-15-4-3-5-16(9-15)10-17-6-7-18(11-17)12-19-13-18/h3-5,9,14,17,19H,6-8,10-13H2,1-2H3. The van der Waals surface area contributed by atoms with Crippen LogP contribution >= 0.6 is 0 Å². The van der Waals surface area contributed by atoms with Gasteiger partial charge in [0.15, 0.2) is 0 Å². The molecule has 2 fully saturated rings. The van der Waals surface area contributed by atoms with Gasteiger partial charge in [-0.1, -0.05) is 38.1 Å². The number of rotatable bonds is 4. The molecular formula is C18H27N. The molecule has 1 aliphatic carbocycles. The van der Waals surface area contributed by atoms with Gasteiger partial charge in [-0.25, -0.2) is 0 Å². The Morgan fingerprint density at radius 2 is 2.05 bits per heavy atom. The third-order valence-corrected chi connectivity index (χ3v) is 4.96. The van der Waals surface area contributed by atoms with Crippen LogP contribution in [0.5, 0.6) is 0 Å². The van der Waals surface area contributed by atoms with Crippen LogP contribution in [0.4, 0.5) is 0 Å². The minimum Gasteiger partial charge on any atom is -0.316 e. The first-order chi connectivity index (χ1) is 9.15. The first-order valence-corrected chi connectivity index (χ1v) is 7.94. The minimum atomic E-state index is 0.695. The molecule has 3 rings (SSSR count). The summed E-state index contributed by atoms with van der Waals surface area (Å²) in [6.45, 7) is 7.15. The third kappa shape index (κ3) is 3.02. The zero-order chi connectivity index (χ0) is 13.3. The van der Waals surface area contributed by atoms with Crippen LogP contribution in [0.3, 0.4) is 0 Å². The van der Waals surface area contributed by atoms with Crippen molar-refractivity contribution >= 4 is 0 Å². The number of hydrogen-bond donors (Lipinski definition) is 1. The molecular weight excluding hydrogens is 230 g/mol. The van der Waals surface area contributed by atoms with Crippen LogP contribution in [0.15, 0.2) is 24.3 Å². The molecule has 2 aliphatic rings. The van der Waals surface area contributed by atoms with E-state index >= 15 is 0 Å². The lowest BCUT2D eigenvalue weighted by Crippen LogP contribution is -2.51. The van der Waals surface area contributed by atoms with Crippen molar-refractivity contribution in [1.29, 1.82) is 0 Å². The Morgan fingerprint density at radius 3 is 2.68 bits per heavy atom. The molecule has 1 aliphatic heterocycles. The van der Waals surface area contributed by atoms with E-state index in [1.165, 1.54) is 50.8 Å². The van der Waals surface area contributed by atoms with Crippen molar-refractivity contribution in [3.63, 3.8) is 0 Å². The maximum Gasteiger partial charge on any atom is 0.00203 e. The normalized spacial score (nSPS) is 24.9. The molecule has 0 aromatic heterocycles. The largest absolute Gasteiger partial charge is 0.316 e. The topological polar surface area (TPSA) is 12.0 Å². The molecule has 1 saturated heterocycles. The smallest absolute Gasteiger partial charge is 0.00203 e. The van der Waals surface area contributed by atoms with Crippen LogP contribution in [0.2, 0.25) is 0 Å². The summed E-state index contributed by atoms with van der Waals surface area (Å²) in [5.41, 5.74) is 3.78. The minimum absolute atomic E-state index is 0.695. The first-order valence-electron chi connectivity index (χ1n) is 7.94. The van der Waals surface area contributed by atoms with E-state index in [0.29, 0.717) is 5.41 Å². The Kier molecular flexibility index (Phi) is 3.66. The van der Waals surface area contributed by atoms with Crippen molar-refractivity contribution in [2.24, 2.45) is 17.3 Å². The van der Waals surface area contributed by atoms with E-state index in [9.17, 15) is 0 Å². The Morgan fingerprint density at radius 1 is 1.26 bits per heavy atom. The molecule has 1 aromatic rings. The fourth-order valence-corrected chi connectivity index (χ4v) is 3.99. The molecule has 0 bridgehead atoms. The van der Waals surface area contributed by atoms with Crippen LogP contribution in [-0.2, 0) is 12.8 Å². The Labute approximate surface area is 117 Å². The molecule has 104 valence electrons. The van der Waals surface area contributed by atoms with Crippen LogP contribution in [0.25, 0.3) is 0 Å². The highest BCUT2D eigenvalue weighted by molar-refractivity contribution is 5.24. The Hall–Kier alpha value is -0.820. The van der Waals surface area contributed by atoms with E-state index in [0.717, 1.165) is 11.8 Å². The molecule has 1 unspecified atom stereocenters. The first kappa shape index (κ1) is 13.2. The maximum atomic E-state index is 3.46. The summed E-state index contributed by atoms with van der Waals surface area (Å²) < 4.78 is 0. The number of nitrogens with one attached hydrogen (secondary N) is 1. The summed E-state index contributed by atoms with van der Waals surface area (Å²) >= 11 is 0. The summed E-state index contributed by atoms with van der Waals surface area (Å²) in [7, 11) is 0. The zero-order valence-corrected chi connectivity index (χ0v) is 12.4. The SMILES string of the molecule is CC(C)Cc1cccc(CC2CCC3(CNC3)C2)c1. The van der Waals surface area contributed by atoms with Gasteiger partial charge in [-0.2, -0.15) is 0 Å². The van der Waals surface area contributed by atoms with Gasteiger partial charge in [0.1, 0.15) is 0 Å². The van der Waals surface area contributed by atoms with Crippen molar-refractivity contribution in [3.8, 4) is 0 Å². The van der Waals surface area contributed by atoms with Gasteiger partial charge in [-0.15, -0.1) is 0 Å². The van der Waals surface area contributed by atoms with Gasteiger partial charge in [-0.3, -0.25) is 0 Å². The summed E-state index contributed by atoms with van der Waals surface area (Å²) in [5, 5.41) is 3.46. The fraction of sp³-hybridized carbons (Fsp3) is 0.667. The van der Waals surface area contributed by atoms with E-state index in [2.05, 4.69) is 43.4 Å². The summed E-state index contributed by atoms with van der Waals surface area (Å²) in [5.74, 6) is 1.68. The molecule has 1 aromatic carbocycles. The van der Waals surface area contributed by atoms with E-state index in [1.807, 2.05) is 0 Å². The van der Waals surface area contributed by atoms with E-state index in [4.69, 9.17) is 0 Å². The lowest BCUT2D eigenvalue weighted by atomic mass is 9.79. The van der Waals surface area contributed by atoms with Gasteiger partial charge in [0.25, 0.3) is 0 Å². The van der Waals surface area contributed by atoms with Gasteiger partial charge in [0, 0.05) is 13.1 Å². The Balaban J connectivity index is 1.60. The highest BCUT2D eigenvalue weighted by Crippen LogP contribution is 2.45. The fourth-order valence-electron chi connectivity index (χ4n) is 3.99. The van der Waals surface area contributed by atoms with Crippen LogP contribution in [0, 0.1) is 17.3 Å². The summed E-state index contributed by atoms with van der Waals surface area (Å²) in [4.78, 5) is 0. The quantitative estimate of drug-likeness (QED) is 0.864. The molecule has 1 spiro atoms. The number of benzene rings is 1. The molecule has 1 atom stereocenters. The molecule has 1 nitrogen and oxygen atoms in total. The van der Waals surface area contributed by atoms with Gasteiger partial charge in [0.2, 0.25) is 0 Å². The molecule has 0 radical (unpaired) electrons. The molecule has 1 saturated carbocycles. The average Bonchev–Trinajstić information content (AvgIpc) is 2.72. The molecule has 1 heterocycles. The van der Waals surface area contributed by atoms with Gasteiger partial charge >= 0.3 is 0 Å². The van der Waals surface area contributed by atoms with Crippen molar-refractivity contribution < 1.29 is 0 Å². The molecule has 19 heavy (non-hydrogen) atoms. The van der Waals surface area contributed by atoms with E-state index in [-0.39, 0.29) is 0 Å². The van der Waals surface area contributed by atoms with Gasteiger partial charge in [-0.05, 0) is 60.5 Å². The van der Waals surface area contributed by atoms with Crippen molar-refractivity contribution in [3.05, 3.63) is 35.4 Å². The summed E-state index contributed by atoms with van der Waals surface area (Å²) in [6, 6.07) is 9.32. The second kappa shape index (κ2) is 5.28. The second-order valence-corrected chi connectivity index (χ2v) is 7.33. The lowest BCUT2D eigenvalue weighted by molar-refractivity contribution is 0.170. The van der Waals surface area contributed by atoms with Crippen molar-refractivity contribution in [2.75, 3.05) is 13.1 Å². The highest BCUT2D eigenvalue weighted by Gasteiger charge is 2.43. The predicted octanol–water partition coefficient (Wildman–Crippen LogP) is 3.82. The maximum absolute atomic E-state index is 3.46. The Bertz CT molecular complexity index is 431. The van der Waals surface area contributed by atoms with Crippen LogP contribution in [-0.4, -0.2) is 13.1 Å². The molecule has 0 amide bonds. The average molecular weight is 257 g/mol. The van der Waals surface area contributed by atoms with Gasteiger partial charge < -0.3 is 5.32 Å². The highest BCUT2D eigenvalue weighted by atomic mass is 15.0. The van der Waals surface area contributed by atoms with Crippen molar-refractivity contribution in [1.82, 2.24) is 5.32 Å². The molecule has 1 N–H and O–H groups in total. The van der Waals surface area contributed by atoms with Gasteiger partial charge in [0.05, 0.1) is 0 Å². The molecule has 1 heteroatoms. The second-order valence-electron chi connectivity index (χ2n) is 7.33. The van der Waals surface area contributed by atoms with Crippen LogP contribution < -0.4 is 5.32 Å². The van der Waals surface area contributed by atoms with Crippen LogP contribution in [0.1, 0.15) is 44.2 Å². The van der Waals surface area contributed by atoms with Crippen molar-refractivity contribution in [2.45, 2.75) is 46.0 Å². The lowest BCUT2D eigenvalue weighted by Gasteiger charge is -2.39. The van der Waals surface area contributed by atoms with E-state index < -0.39 is 0 Å². The van der Waals surface area contributed by atoms with E-state index in [1.54, 1.807) is 5.56 Å². The number of hydrogen-bond acceptors (Lipinski definition) is 1. The summed E-state index contributed by atoms with van der Waals surface area (Å²) in [6.07, 6.45) is 6.86. The zero-order valence-electron chi connectivity index (χ0n) is 12.4. The predicted molar refractivity (Wildman–Crippen MR) is 81.3 cm³/mol. The third-order valence-electron chi connectivity index (χ3n) is 4.96. The monoisotopic (exact) mass is 257 g/mol.